The number of carbonyl (C=O) groups excluding carboxylic acids is 2. The van der Waals surface area contributed by atoms with Crippen molar-refractivity contribution in [3.63, 3.8) is 0 Å². The second kappa shape index (κ2) is 7.06. The van der Waals surface area contributed by atoms with Crippen molar-refractivity contribution >= 4 is 17.5 Å². The fourth-order valence-electron chi connectivity index (χ4n) is 2.45. The van der Waals surface area contributed by atoms with Crippen LogP contribution in [0.25, 0.3) is 11.4 Å². The Bertz CT molecular complexity index is 1040. The van der Waals surface area contributed by atoms with Gasteiger partial charge < -0.3 is 10.6 Å². The standard InChI is InChI=1S/C18H16N4O4/c1-10-8-13(16(23)19-2)6-7-14(10)20-17(24)12-5-3-4-11(9-12)15-21-18(25)26-22-15/h3-9H,1-2H3,(H,19,23)(H,20,24)(H,21,22,25). The Morgan fingerprint density at radius 2 is 1.85 bits per heavy atom. The molecule has 0 radical (unpaired) electrons. The van der Waals surface area contributed by atoms with Crippen molar-refractivity contribution < 1.29 is 14.1 Å². The van der Waals surface area contributed by atoms with Gasteiger partial charge in [0.1, 0.15) is 0 Å². The number of hydrogen-bond donors (Lipinski definition) is 3. The predicted molar refractivity (Wildman–Crippen MR) is 95.1 cm³/mol. The summed E-state index contributed by atoms with van der Waals surface area (Å²) < 4.78 is 4.48. The molecule has 2 amide bonds. The number of H-pyrrole nitrogens is 1. The van der Waals surface area contributed by atoms with Crippen molar-refractivity contribution in [2.75, 3.05) is 12.4 Å². The summed E-state index contributed by atoms with van der Waals surface area (Å²) >= 11 is 0. The van der Waals surface area contributed by atoms with Crippen LogP contribution in [-0.2, 0) is 0 Å². The number of amides is 2. The van der Waals surface area contributed by atoms with Crippen LogP contribution in [0.2, 0.25) is 0 Å². The first-order chi connectivity index (χ1) is 12.5. The summed E-state index contributed by atoms with van der Waals surface area (Å²) in [4.78, 5) is 37.7. The second-order valence-electron chi connectivity index (χ2n) is 5.59. The molecule has 8 heteroatoms. The minimum Gasteiger partial charge on any atom is -0.355 e. The Hall–Kier alpha value is -3.68. The van der Waals surface area contributed by atoms with Crippen molar-refractivity contribution in [2.24, 2.45) is 0 Å². The van der Waals surface area contributed by atoms with Gasteiger partial charge in [0.2, 0.25) is 0 Å². The van der Waals surface area contributed by atoms with Gasteiger partial charge >= 0.3 is 5.76 Å². The number of rotatable bonds is 4. The minimum absolute atomic E-state index is 0.194. The van der Waals surface area contributed by atoms with Gasteiger partial charge in [0, 0.05) is 29.4 Å². The largest absolute Gasteiger partial charge is 0.439 e. The van der Waals surface area contributed by atoms with Gasteiger partial charge in [-0.1, -0.05) is 17.3 Å². The monoisotopic (exact) mass is 352 g/mol. The lowest BCUT2D eigenvalue weighted by Gasteiger charge is -2.10. The number of aromatic amines is 1. The fourth-order valence-corrected chi connectivity index (χ4v) is 2.45. The molecule has 0 aliphatic carbocycles. The van der Waals surface area contributed by atoms with Gasteiger partial charge in [-0.25, -0.2) is 4.79 Å². The van der Waals surface area contributed by atoms with Gasteiger partial charge in [0.25, 0.3) is 11.8 Å². The summed E-state index contributed by atoms with van der Waals surface area (Å²) in [5, 5.41) is 8.97. The number of aryl methyl sites for hydroxylation is 1. The Morgan fingerprint density at radius 3 is 2.50 bits per heavy atom. The summed E-state index contributed by atoms with van der Waals surface area (Å²) in [5.74, 6) is -0.939. The molecular formula is C18H16N4O4. The maximum Gasteiger partial charge on any atom is 0.439 e. The molecule has 3 rings (SSSR count). The molecule has 8 nitrogen and oxygen atoms in total. The summed E-state index contributed by atoms with van der Waals surface area (Å²) in [6.07, 6.45) is 0. The summed E-state index contributed by atoms with van der Waals surface area (Å²) in [6.45, 7) is 1.80. The van der Waals surface area contributed by atoms with Crippen molar-refractivity contribution in [1.29, 1.82) is 0 Å². The molecule has 3 aromatic rings. The van der Waals surface area contributed by atoms with Gasteiger partial charge in [-0.05, 0) is 42.8 Å². The molecule has 0 aliphatic rings. The highest BCUT2D eigenvalue weighted by Gasteiger charge is 2.12. The van der Waals surface area contributed by atoms with E-state index in [9.17, 15) is 14.4 Å². The second-order valence-corrected chi connectivity index (χ2v) is 5.59. The van der Waals surface area contributed by atoms with Crippen LogP contribution in [0.4, 0.5) is 5.69 Å². The summed E-state index contributed by atoms with van der Waals surface area (Å²) in [5.41, 5.74) is 2.82. The molecule has 0 saturated carbocycles. The van der Waals surface area contributed by atoms with Crippen LogP contribution in [-0.4, -0.2) is 29.0 Å². The molecule has 0 bridgehead atoms. The highest BCUT2D eigenvalue weighted by atomic mass is 16.5. The van der Waals surface area contributed by atoms with Crippen molar-refractivity contribution in [3.8, 4) is 11.4 Å². The Kier molecular flexibility index (Phi) is 4.66. The molecule has 1 heterocycles. The van der Waals surface area contributed by atoms with Crippen LogP contribution in [0.5, 0.6) is 0 Å². The molecule has 0 spiro atoms. The van der Waals surface area contributed by atoms with Gasteiger partial charge in [0.05, 0.1) is 0 Å². The van der Waals surface area contributed by atoms with E-state index in [0.29, 0.717) is 22.4 Å². The average Bonchev–Trinajstić information content (AvgIpc) is 3.09. The molecule has 2 aromatic carbocycles. The van der Waals surface area contributed by atoms with E-state index < -0.39 is 5.76 Å². The lowest BCUT2D eigenvalue weighted by molar-refractivity contribution is 0.0962. The molecule has 132 valence electrons. The third kappa shape index (κ3) is 3.54. The molecule has 0 fully saturated rings. The number of nitrogens with one attached hydrogen (secondary N) is 3. The Labute approximate surface area is 148 Å². The fraction of sp³-hybridized carbons (Fsp3) is 0.111. The van der Waals surface area contributed by atoms with Crippen LogP contribution < -0.4 is 16.4 Å². The number of hydrogen-bond acceptors (Lipinski definition) is 5. The minimum atomic E-state index is -0.665. The quantitative estimate of drug-likeness (QED) is 0.663. The van der Waals surface area contributed by atoms with Gasteiger partial charge in [-0.15, -0.1) is 0 Å². The average molecular weight is 352 g/mol. The molecule has 0 saturated heterocycles. The normalized spacial score (nSPS) is 10.4. The number of anilines is 1. The molecule has 1 aromatic heterocycles. The SMILES string of the molecule is CNC(=O)c1ccc(NC(=O)c2cccc(-c3noc(=O)[nH]3)c2)c(C)c1. The van der Waals surface area contributed by atoms with E-state index in [-0.39, 0.29) is 17.6 Å². The molecule has 0 atom stereocenters. The number of carbonyl (C=O) groups is 2. The molecule has 0 unspecified atom stereocenters. The van der Waals surface area contributed by atoms with E-state index in [1.807, 2.05) is 0 Å². The third-order valence-corrected chi connectivity index (χ3v) is 3.80. The number of aromatic nitrogens is 2. The number of benzene rings is 2. The highest BCUT2D eigenvalue weighted by molar-refractivity contribution is 6.05. The molecular weight excluding hydrogens is 336 g/mol. The maximum absolute atomic E-state index is 12.5. The van der Waals surface area contributed by atoms with Crippen molar-refractivity contribution in [3.05, 3.63) is 69.7 Å². The molecule has 3 N–H and O–H groups in total. The van der Waals surface area contributed by atoms with E-state index in [0.717, 1.165) is 5.56 Å². The van der Waals surface area contributed by atoms with Gasteiger partial charge in [-0.3, -0.25) is 19.1 Å². The zero-order chi connectivity index (χ0) is 18.7. The zero-order valence-electron chi connectivity index (χ0n) is 14.1. The van der Waals surface area contributed by atoms with Gasteiger partial charge in [-0.2, -0.15) is 0 Å². The van der Waals surface area contributed by atoms with Crippen LogP contribution in [0.15, 0.2) is 51.8 Å². The Balaban J connectivity index is 1.82. The van der Waals surface area contributed by atoms with E-state index in [2.05, 4.69) is 25.3 Å². The summed E-state index contributed by atoms with van der Waals surface area (Å²) in [6, 6.07) is 11.6. The third-order valence-electron chi connectivity index (χ3n) is 3.80. The van der Waals surface area contributed by atoms with E-state index in [1.165, 1.54) is 0 Å². The van der Waals surface area contributed by atoms with E-state index in [1.54, 1.807) is 56.4 Å². The van der Waals surface area contributed by atoms with Crippen molar-refractivity contribution in [1.82, 2.24) is 15.5 Å². The Morgan fingerprint density at radius 1 is 1.08 bits per heavy atom. The molecule has 0 aliphatic heterocycles. The van der Waals surface area contributed by atoms with Crippen LogP contribution >= 0.6 is 0 Å². The maximum atomic E-state index is 12.5. The zero-order valence-corrected chi connectivity index (χ0v) is 14.1. The van der Waals surface area contributed by atoms with Crippen LogP contribution in [0.3, 0.4) is 0 Å². The summed E-state index contributed by atoms with van der Waals surface area (Å²) in [7, 11) is 1.56. The molecule has 26 heavy (non-hydrogen) atoms. The lowest BCUT2D eigenvalue weighted by atomic mass is 10.1. The lowest BCUT2D eigenvalue weighted by Crippen LogP contribution is -2.18. The van der Waals surface area contributed by atoms with E-state index >= 15 is 0 Å². The topological polar surface area (TPSA) is 117 Å². The highest BCUT2D eigenvalue weighted by Crippen LogP contribution is 2.19. The van der Waals surface area contributed by atoms with Crippen LogP contribution in [0.1, 0.15) is 26.3 Å². The predicted octanol–water partition coefficient (Wildman–Crippen LogP) is 1.95. The van der Waals surface area contributed by atoms with E-state index in [4.69, 9.17) is 0 Å². The number of nitrogens with zero attached hydrogens (tertiary/aromatic N) is 1. The first-order valence-corrected chi connectivity index (χ1v) is 7.78. The smallest absolute Gasteiger partial charge is 0.355 e. The van der Waals surface area contributed by atoms with Crippen molar-refractivity contribution in [2.45, 2.75) is 6.92 Å². The van der Waals surface area contributed by atoms with Crippen LogP contribution in [0, 0.1) is 6.92 Å². The first kappa shape index (κ1) is 17.2. The first-order valence-electron chi connectivity index (χ1n) is 7.78. The van der Waals surface area contributed by atoms with Gasteiger partial charge in [0.15, 0.2) is 5.82 Å².